The largest absolute Gasteiger partial charge is 0.493 e. The Morgan fingerprint density at radius 2 is 2.04 bits per heavy atom. The molecular formula is C14H14IN3O5. The van der Waals surface area contributed by atoms with Gasteiger partial charge in [0.2, 0.25) is 0 Å². The van der Waals surface area contributed by atoms with Gasteiger partial charge in [-0.05, 0) is 41.6 Å². The SMILES string of the molecule is CCOC(=O)c1n[nH]nc1-c1cc(I)c(OC(C)=O)c(OC)c1. The molecule has 2 rings (SSSR count). The molecule has 0 atom stereocenters. The highest BCUT2D eigenvalue weighted by Gasteiger charge is 2.22. The van der Waals surface area contributed by atoms with Gasteiger partial charge in [0.25, 0.3) is 0 Å². The topological polar surface area (TPSA) is 103 Å². The van der Waals surface area contributed by atoms with E-state index in [0.717, 1.165) is 0 Å². The summed E-state index contributed by atoms with van der Waals surface area (Å²) in [5.41, 5.74) is 0.984. The molecule has 0 aliphatic rings. The van der Waals surface area contributed by atoms with Gasteiger partial charge in [0, 0.05) is 12.5 Å². The van der Waals surface area contributed by atoms with Crippen molar-refractivity contribution in [3.05, 3.63) is 21.4 Å². The van der Waals surface area contributed by atoms with Crippen LogP contribution in [0.15, 0.2) is 12.1 Å². The van der Waals surface area contributed by atoms with Crippen molar-refractivity contribution in [1.82, 2.24) is 15.4 Å². The van der Waals surface area contributed by atoms with Crippen molar-refractivity contribution in [3.8, 4) is 22.8 Å². The van der Waals surface area contributed by atoms with Gasteiger partial charge in [0.15, 0.2) is 17.2 Å². The molecule has 0 aliphatic heterocycles. The van der Waals surface area contributed by atoms with Crippen LogP contribution in [0.1, 0.15) is 24.3 Å². The number of benzene rings is 1. The first-order valence-electron chi connectivity index (χ1n) is 6.62. The number of rotatable bonds is 5. The molecule has 2 aromatic rings. The van der Waals surface area contributed by atoms with E-state index >= 15 is 0 Å². The third-order valence-corrected chi connectivity index (χ3v) is 3.57. The summed E-state index contributed by atoms with van der Waals surface area (Å²) in [6.45, 7) is 3.24. The smallest absolute Gasteiger partial charge is 0.361 e. The molecule has 1 aromatic carbocycles. The highest BCUT2D eigenvalue weighted by atomic mass is 127. The van der Waals surface area contributed by atoms with Crippen LogP contribution in [-0.2, 0) is 9.53 Å². The summed E-state index contributed by atoms with van der Waals surface area (Å²) in [6.07, 6.45) is 0. The van der Waals surface area contributed by atoms with Crippen molar-refractivity contribution in [3.63, 3.8) is 0 Å². The molecule has 0 fully saturated rings. The van der Waals surface area contributed by atoms with Crippen LogP contribution in [0.4, 0.5) is 0 Å². The Balaban J connectivity index is 2.50. The molecule has 0 radical (unpaired) electrons. The number of esters is 2. The minimum absolute atomic E-state index is 0.0740. The number of carbonyl (C=O) groups excluding carboxylic acids is 2. The second kappa shape index (κ2) is 7.40. The zero-order valence-electron chi connectivity index (χ0n) is 12.7. The molecule has 1 aromatic heterocycles. The Hall–Kier alpha value is -2.17. The van der Waals surface area contributed by atoms with Gasteiger partial charge in [-0.15, -0.1) is 5.10 Å². The number of aromatic amines is 1. The fourth-order valence-corrected chi connectivity index (χ4v) is 2.58. The molecule has 122 valence electrons. The van der Waals surface area contributed by atoms with E-state index in [-0.39, 0.29) is 12.3 Å². The van der Waals surface area contributed by atoms with E-state index in [0.29, 0.717) is 26.3 Å². The number of ether oxygens (including phenoxy) is 3. The Kier molecular flexibility index (Phi) is 5.53. The van der Waals surface area contributed by atoms with E-state index in [2.05, 4.69) is 15.4 Å². The molecule has 0 amide bonds. The van der Waals surface area contributed by atoms with Crippen molar-refractivity contribution in [2.24, 2.45) is 0 Å². The summed E-state index contributed by atoms with van der Waals surface area (Å²) in [7, 11) is 1.46. The fourth-order valence-electron chi connectivity index (χ4n) is 1.87. The number of H-pyrrole nitrogens is 1. The zero-order valence-corrected chi connectivity index (χ0v) is 14.8. The third kappa shape index (κ3) is 3.78. The van der Waals surface area contributed by atoms with Gasteiger partial charge < -0.3 is 14.2 Å². The van der Waals surface area contributed by atoms with Gasteiger partial charge in [0.05, 0.1) is 17.3 Å². The van der Waals surface area contributed by atoms with E-state index in [1.165, 1.54) is 14.0 Å². The average Bonchev–Trinajstić information content (AvgIpc) is 2.98. The van der Waals surface area contributed by atoms with Crippen LogP contribution in [0.25, 0.3) is 11.3 Å². The van der Waals surface area contributed by atoms with E-state index in [9.17, 15) is 9.59 Å². The normalized spacial score (nSPS) is 10.3. The maximum atomic E-state index is 11.9. The van der Waals surface area contributed by atoms with Crippen molar-refractivity contribution in [2.75, 3.05) is 13.7 Å². The summed E-state index contributed by atoms with van der Waals surface area (Å²) >= 11 is 2.01. The molecule has 1 N–H and O–H groups in total. The van der Waals surface area contributed by atoms with Crippen LogP contribution < -0.4 is 9.47 Å². The lowest BCUT2D eigenvalue weighted by Gasteiger charge is -2.12. The Morgan fingerprint density at radius 1 is 1.30 bits per heavy atom. The number of methoxy groups -OCH3 is 1. The molecule has 0 aliphatic carbocycles. The van der Waals surface area contributed by atoms with Crippen LogP contribution in [0.2, 0.25) is 0 Å². The maximum Gasteiger partial charge on any atom is 0.361 e. The van der Waals surface area contributed by atoms with Gasteiger partial charge in [-0.1, -0.05) is 0 Å². The number of nitrogens with one attached hydrogen (secondary N) is 1. The summed E-state index contributed by atoms with van der Waals surface area (Å²) in [5, 5.41) is 10.2. The molecule has 0 saturated heterocycles. The second-order valence-electron chi connectivity index (χ2n) is 4.32. The summed E-state index contributed by atoms with van der Waals surface area (Å²) in [4.78, 5) is 23.1. The summed E-state index contributed by atoms with van der Waals surface area (Å²) in [5.74, 6) is -0.373. The van der Waals surface area contributed by atoms with E-state index in [4.69, 9.17) is 14.2 Å². The highest BCUT2D eigenvalue weighted by molar-refractivity contribution is 14.1. The van der Waals surface area contributed by atoms with Gasteiger partial charge in [-0.25, -0.2) is 4.79 Å². The predicted octanol–water partition coefficient (Wildman–Crippen LogP) is 2.19. The van der Waals surface area contributed by atoms with E-state index < -0.39 is 11.9 Å². The first kappa shape index (κ1) is 17.2. The Labute approximate surface area is 145 Å². The van der Waals surface area contributed by atoms with Gasteiger partial charge in [-0.3, -0.25) is 4.79 Å². The summed E-state index contributed by atoms with van der Waals surface area (Å²) < 4.78 is 16.0. The lowest BCUT2D eigenvalue weighted by atomic mass is 10.1. The van der Waals surface area contributed by atoms with Crippen LogP contribution in [0.5, 0.6) is 11.5 Å². The van der Waals surface area contributed by atoms with Crippen LogP contribution in [0, 0.1) is 3.57 Å². The Bertz CT molecular complexity index is 744. The molecule has 9 heteroatoms. The van der Waals surface area contributed by atoms with Crippen molar-refractivity contribution in [2.45, 2.75) is 13.8 Å². The number of aromatic nitrogens is 3. The zero-order chi connectivity index (χ0) is 17.0. The first-order chi connectivity index (χ1) is 11.0. The lowest BCUT2D eigenvalue weighted by molar-refractivity contribution is -0.132. The monoisotopic (exact) mass is 431 g/mol. The highest BCUT2D eigenvalue weighted by Crippen LogP contribution is 2.37. The lowest BCUT2D eigenvalue weighted by Crippen LogP contribution is -2.07. The predicted molar refractivity (Wildman–Crippen MR) is 88.4 cm³/mol. The van der Waals surface area contributed by atoms with Gasteiger partial charge in [0.1, 0.15) is 5.69 Å². The number of hydrogen-bond donors (Lipinski definition) is 1. The fraction of sp³-hybridized carbons (Fsp3) is 0.286. The molecule has 23 heavy (non-hydrogen) atoms. The molecule has 0 spiro atoms. The van der Waals surface area contributed by atoms with Gasteiger partial charge >= 0.3 is 11.9 Å². The van der Waals surface area contributed by atoms with Gasteiger partial charge in [-0.2, -0.15) is 10.3 Å². The first-order valence-corrected chi connectivity index (χ1v) is 7.70. The minimum Gasteiger partial charge on any atom is -0.493 e. The number of hydrogen-bond acceptors (Lipinski definition) is 7. The van der Waals surface area contributed by atoms with Crippen LogP contribution in [-0.4, -0.2) is 41.1 Å². The van der Waals surface area contributed by atoms with Crippen molar-refractivity contribution in [1.29, 1.82) is 0 Å². The molecular weight excluding hydrogens is 417 g/mol. The standard InChI is InChI=1S/C14H14IN3O5/c1-4-22-14(20)12-11(16-18-17-12)8-5-9(15)13(23-7(2)19)10(6-8)21-3/h5-6H,4H2,1-3H3,(H,16,17,18). The average molecular weight is 431 g/mol. The minimum atomic E-state index is -0.575. The van der Waals surface area contributed by atoms with Crippen LogP contribution >= 0.6 is 22.6 Å². The molecule has 0 saturated carbocycles. The second-order valence-corrected chi connectivity index (χ2v) is 5.49. The van der Waals surface area contributed by atoms with E-state index in [1.54, 1.807) is 19.1 Å². The van der Waals surface area contributed by atoms with Crippen molar-refractivity contribution < 1.29 is 23.8 Å². The quantitative estimate of drug-likeness (QED) is 0.440. The summed E-state index contributed by atoms with van der Waals surface area (Å²) in [6, 6.07) is 3.32. The molecule has 8 nitrogen and oxygen atoms in total. The molecule has 0 unspecified atom stereocenters. The van der Waals surface area contributed by atoms with E-state index in [1.807, 2.05) is 22.6 Å². The number of nitrogens with zero attached hydrogens (tertiary/aromatic N) is 2. The maximum absolute atomic E-state index is 11.9. The Morgan fingerprint density at radius 3 is 2.65 bits per heavy atom. The third-order valence-electron chi connectivity index (χ3n) is 2.77. The molecule has 1 heterocycles. The molecule has 0 bridgehead atoms. The van der Waals surface area contributed by atoms with Crippen LogP contribution in [0.3, 0.4) is 0 Å². The number of halogens is 1. The number of carbonyl (C=O) groups is 2. The van der Waals surface area contributed by atoms with Crippen molar-refractivity contribution >= 4 is 34.5 Å².